The Morgan fingerprint density at radius 3 is 1.43 bits per heavy atom. The summed E-state index contributed by atoms with van der Waals surface area (Å²) in [7, 11) is 0. The molecule has 9 heteroatoms. The Morgan fingerprint density at radius 1 is 0.703 bits per heavy atom. The maximum absolute atomic E-state index is 9.55. The third-order valence-electron chi connectivity index (χ3n) is 6.54. The predicted octanol–water partition coefficient (Wildman–Crippen LogP) is 4.47. The third-order valence-corrected chi connectivity index (χ3v) is 6.54. The van der Waals surface area contributed by atoms with Gasteiger partial charge in [-0.25, -0.2) is 19.9 Å². The van der Waals surface area contributed by atoms with Crippen LogP contribution in [0.15, 0.2) is 61.2 Å². The van der Waals surface area contributed by atoms with E-state index in [-0.39, 0.29) is 22.7 Å². The van der Waals surface area contributed by atoms with Crippen molar-refractivity contribution in [1.29, 1.82) is 0 Å². The van der Waals surface area contributed by atoms with Gasteiger partial charge >= 0.3 is 0 Å². The molecule has 2 N–H and O–H groups in total. The van der Waals surface area contributed by atoms with E-state index in [1.807, 2.05) is 36.4 Å². The van der Waals surface area contributed by atoms with Gasteiger partial charge in [-0.1, -0.05) is 0 Å². The largest absolute Gasteiger partial charge is 0.505 e. The molecule has 0 unspecified atom stereocenters. The summed E-state index contributed by atoms with van der Waals surface area (Å²) < 4.78 is 17.9. The van der Waals surface area contributed by atoms with E-state index in [2.05, 4.69) is 33.8 Å². The first-order valence-electron chi connectivity index (χ1n) is 12.0. The van der Waals surface area contributed by atoms with Crippen LogP contribution >= 0.6 is 0 Å². The maximum atomic E-state index is 9.55. The van der Waals surface area contributed by atoms with Gasteiger partial charge in [0.05, 0.1) is 49.2 Å². The van der Waals surface area contributed by atoms with Gasteiger partial charge in [0.15, 0.2) is 23.1 Å². The number of hydrogen-bond donors (Lipinski definition) is 2. The Morgan fingerprint density at radius 2 is 1.08 bits per heavy atom. The number of rotatable bonds is 8. The highest BCUT2D eigenvalue weighted by Gasteiger charge is 2.41. The molecule has 2 aromatic carbocycles. The predicted molar refractivity (Wildman–Crippen MR) is 134 cm³/mol. The van der Waals surface area contributed by atoms with E-state index in [0.29, 0.717) is 37.7 Å². The van der Waals surface area contributed by atoms with Gasteiger partial charge in [-0.3, -0.25) is 0 Å². The van der Waals surface area contributed by atoms with E-state index in [9.17, 15) is 10.2 Å². The van der Waals surface area contributed by atoms with Gasteiger partial charge in [0.25, 0.3) is 0 Å². The molecule has 0 spiro atoms. The van der Waals surface area contributed by atoms with Crippen LogP contribution in [0.4, 0.5) is 0 Å². The van der Waals surface area contributed by atoms with Crippen LogP contribution in [-0.2, 0) is 22.3 Å². The number of benzene rings is 2. The fraction of sp³-hybridized carbons (Fsp3) is 0.286. The fourth-order valence-corrected chi connectivity index (χ4v) is 4.23. The number of hydrogen-bond acceptors (Lipinski definition) is 9. The molecule has 188 valence electrons. The lowest BCUT2D eigenvalue weighted by Crippen LogP contribution is -2.11. The molecule has 0 saturated carbocycles. The summed E-state index contributed by atoms with van der Waals surface area (Å²) in [5.74, 6) is 2.51. The molecular weight excluding hydrogens is 472 g/mol. The molecular formula is C28H26N4O5. The zero-order valence-corrected chi connectivity index (χ0v) is 20.5. The van der Waals surface area contributed by atoms with Crippen molar-refractivity contribution in [1.82, 2.24) is 19.9 Å². The van der Waals surface area contributed by atoms with E-state index in [1.165, 1.54) is 24.8 Å². The second-order valence-electron chi connectivity index (χ2n) is 10.1. The Hall–Kier alpha value is -4.08. The molecule has 0 aliphatic carbocycles. The number of ether oxygens (including phenoxy) is 3. The Bertz CT molecular complexity index is 1340. The van der Waals surface area contributed by atoms with E-state index in [4.69, 9.17) is 14.2 Å². The number of nitrogens with zero attached hydrogens (tertiary/aromatic N) is 4. The van der Waals surface area contributed by atoms with Gasteiger partial charge in [-0.05, 0) is 61.4 Å². The average Bonchev–Trinajstić information content (AvgIpc) is 3.81. The minimum absolute atomic E-state index is 0.0184. The zero-order valence-electron chi connectivity index (χ0n) is 20.5. The maximum Gasteiger partial charge on any atom is 0.159 e. The molecule has 4 heterocycles. The second-order valence-corrected chi connectivity index (χ2v) is 10.1. The van der Waals surface area contributed by atoms with Crippen LogP contribution in [0.3, 0.4) is 0 Å². The molecule has 2 fully saturated rings. The minimum Gasteiger partial charge on any atom is -0.505 e. The van der Waals surface area contributed by atoms with Gasteiger partial charge < -0.3 is 24.4 Å². The van der Waals surface area contributed by atoms with Crippen LogP contribution in [-0.4, -0.2) is 54.6 Å². The van der Waals surface area contributed by atoms with Crippen molar-refractivity contribution in [2.24, 2.45) is 0 Å². The first kappa shape index (κ1) is 23.3. The quantitative estimate of drug-likeness (QED) is 0.338. The SMILES string of the molecule is C[C@@]1(Cc2cc(-c3ncc(O)cn3)ccc2Oc2ccc(-c3ncc(O)cn3)cc2C[C@]2(C)CO2)CO1. The van der Waals surface area contributed by atoms with Gasteiger partial charge in [0.1, 0.15) is 11.5 Å². The number of aromatic nitrogens is 4. The molecule has 0 bridgehead atoms. The first-order valence-corrected chi connectivity index (χ1v) is 12.0. The average molecular weight is 499 g/mol. The molecule has 37 heavy (non-hydrogen) atoms. The molecule has 2 aliphatic heterocycles. The standard InChI is InChI=1S/C28H26N4O5/c1-27(15-35-27)9-19-7-17(25-29-11-21(33)12-30-25)3-5-23(19)37-24-6-4-18(26-31-13-22(34)14-32-26)8-20(24)10-28(2)16-36-28/h3-8,11-14,33-34H,9-10,15-16H2,1-2H3/t27-,28-/m1/s1. The summed E-state index contributed by atoms with van der Waals surface area (Å²) >= 11 is 0. The monoisotopic (exact) mass is 498 g/mol. The molecule has 2 aliphatic rings. The van der Waals surface area contributed by atoms with E-state index in [0.717, 1.165) is 33.8 Å². The zero-order chi connectivity index (χ0) is 25.6. The summed E-state index contributed by atoms with van der Waals surface area (Å²) in [6, 6.07) is 11.7. The van der Waals surface area contributed by atoms with Crippen LogP contribution in [0.5, 0.6) is 23.0 Å². The number of epoxide rings is 2. The van der Waals surface area contributed by atoms with Crippen molar-refractivity contribution in [2.45, 2.75) is 37.9 Å². The summed E-state index contributed by atoms with van der Waals surface area (Å²) in [6.07, 6.45) is 6.86. The molecule has 0 radical (unpaired) electrons. The Labute approximate surface area is 213 Å². The van der Waals surface area contributed by atoms with Crippen molar-refractivity contribution in [3.05, 3.63) is 72.3 Å². The van der Waals surface area contributed by atoms with Gasteiger partial charge in [-0.15, -0.1) is 0 Å². The normalized spacial score (nSPS) is 22.0. The van der Waals surface area contributed by atoms with Crippen molar-refractivity contribution in [2.75, 3.05) is 13.2 Å². The van der Waals surface area contributed by atoms with E-state index < -0.39 is 0 Å². The lowest BCUT2D eigenvalue weighted by Gasteiger charge is -2.18. The fourth-order valence-electron chi connectivity index (χ4n) is 4.23. The summed E-state index contributed by atoms with van der Waals surface area (Å²) in [5, 5.41) is 19.1. The molecule has 9 nitrogen and oxygen atoms in total. The van der Waals surface area contributed by atoms with Crippen LogP contribution in [0.2, 0.25) is 0 Å². The molecule has 2 saturated heterocycles. The molecule has 0 amide bonds. The van der Waals surface area contributed by atoms with Crippen molar-refractivity contribution < 1.29 is 24.4 Å². The van der Waals surface area contributed by atoms with Crippen molar-refractivity contribution >= 4 is 0 Å². The summed E-state index contributed by atoms with van der Waals surface area (Å²) in [4.78, 5) is 17.0. The van der Waals surface area contributed by atoms with E-state index in [1.54, 1.807) is 0 Å². The highest BCUT2D eigenvalue weighted by Crippen LogP contribution is 2.40. The lowest BCUT2D eigenvalue weighted by atomic mass is 9.97. The van der Waals surface area contributed by atoms with Crippen LogP contribution in [0, 0.1) is 0 Å². The molecule has 2 atom stereocenters. The third kappa shape index (κ3) is 5.23. The number of aromatic hydroxyl groups is 2. The topological polar surface area (TPSA) is 126 Å². The van der Waals surface area contributed by atoms with Crippen LogP contribution in [0.1, 0.15) is 25.0 Å². The van der Waals surface area contributed by atoms with Gasteiger partial charge in [0, 0.05) is 24.0 Å². The minimum atomic E-state index is -0.231. The summed E-state index contributed by atoms with van der Waals surface area (Å²) in [6.45, 7) is 5.52. The van der Waals surface area contributed by atoms with E-state index >= 15 is 0 Å². The van der Waals surface area contributed by atoms with Crippen molar-refractivity contribution in [3.8, 4) is 45.8 Å². The van der Waals surface area contributed by atoms with Gasteiger partial charge in [-0.2, -0.15) is 0 Å². The van der Waals surface area contributed by atoms with Crippen LogP contribution < -0.4 is 4.74 Å². The molecule has 4 aromatic rings. The van der Waals surface area contributed by atoms with Crippen LogP contribution in [0.25, 0.3) is 22.8 Å². The summed E-state index contributed by atoms with van der Waals surface area (Å²) in [5.41, 5.74) is 3.13. The van der Waals surface area contributed by atoms with Crippen molar-refractivity contribution in [3.63, 3.8) is 0 Å². The molecule has 6 rings (SSSR count). The first-order chi connectivity index (χ1) is 17.8. The van der Waals surface area contributed by atoms with Gasteiger partial charge in [0.2, 0.25) is 0 Å². The molecule has 2 aromatic heterocycles. The second kappa shape index (κ2) is 8.79. The highest BCUT2D eigenvalue weighted by atomic mass is 16.6. The highest BCUT2D eigenvalue weighted by molar-refractivity contribution is 5.62. The smallest absolute Gasteiger partial charge is 0.159 e. The lowest BCUT2D eigenvalue weighted by molar-refractivity contribution is 0.317. The Kier molecular flexibility index (Phi) is 5.54. The Balaban J connectivity index is 1.36.